The predicted molar refractivity (Wildman–Crippen MR) is 63.0 cm³/mol. The molecule has 4 nitrogen and oxygen atoms in total. The van der Waals surface area contributed by atoms with Crippen molar-refractivity contribution in [1.82, 2.24) is 0 Å². The number of sulfone groups is 1. The van der Waals surface area contributed by atoms with E-state index in [9.17, 15) is 18.0 Å². The molecule has 2 aliphatic carbocycles. The van der Waals surface area contributed by atoms with Crippen molar-refractivity contribution in [3.8, 4) is 0 Å². The fourth-order valence-corrected chi connectivity index (χ4v) is 4.21. The molecule has 0 spiro atoms. The Hall–Kier alpha value is -1.23. The maximum atomic E-state index is 12.2. The van der Waals surface area contributed by atoms with Crippen LogP contribution >= 0.6 is 0 Å². The fraction of sp³-hybridized carbons (Fsp3) is 0.500. The Morgan fingerprint density at radius 1 is 1.00 bits per heavy atom. The van der Waals surface area contributed by atoms with Crippen LogP contribution in [-0.4, -0.2) is 25.2 Å². The highest BCUT2D eigenvalue weighted by molar-refractivity contribution is 7.96. The molecule has 0 aliphatic heterocycles. The van der Waals surface area contributed by atoms with Crippen LogP contribution in [0.1, 0.15) is 32.1 Å². The summed E-state index contributed by atoms with van der Waals surface area (Å²) in [4.78, 5) is 22.4. The minimum atomic E-state index is -3.63. The fourth-order valence-electron chi connectivity index (χ4n) is 2.27. The molecule has 0 bridgehead atoms. The van der Waals surface area contributed by atoms with Crippen LogP contribution in [0.3, 0.4) is 0 Å². The minimum Gasteiger partial charge on any atom is -0.290 e. The molecule has 17 heavy (non-hydrogen) atoms. The van der Waals surface area contributed by atoms with Gasteiger partial charge in [-0.3, -0.25) is 9.59 Å². The molecule has 0 heterocycles. The molecule has 0 N–H and O–H groups in total. The highest BCUT2D eigenvalue weighted by Gasteiger charge is 2.34. The third kappa shape index (κ3) is 2.39. The highest BCUT2D eigenvalue weighted by Crippen LogP contribution is 2.29. The van der Waals surface area contributed by atoms with E-state index in [2.05, 4.69) is 0 Å². The van der Waals surface area contributed by atoms with Gasteiger partial charge in [-0.25, -0.2) is 8.42 Å². The van der Waals surface area contributed by atoms with Crippen molar-refractivity contribution in [2.45, 2.75) is 37.4 Å². The topological polar surface area (TPSA) is 68.3 Å². The van der Waals surface area contributed by atoms with Gasteiger partial charge in [-0.15, -0.1) is 0 Å². The van der Waals surface area contributed by atoms with Crippen molar-refractivity contribution >= 4 is 21.4 Å². The van der Waals surface area contributed by atoms with Crippen molar-refractivity contribution in [3.05, 3.63) is 23.1 Å². The molecular formula is C12H14O4S. The number of carbonyl (C=O) groups excluding carboxylic acids is 2. The van der Waals surface area contributed by atoms with Crippen LogP contribution in [0, 0.1) is 0 Å². The van der Waals surface area contributed by atoms with Gasteiger partial charge in [-0.05, 0) is 25.0 Å². The van der Waals surface area contributed by atoms with Gasteiger partial charge in [0.2, 0.25) is 0 Å². The molecule has 0 saturated heterocycles. The maximum Gasteiger partial charge on any atom is 0.197 e. The van der Waals surface area contributed by atoms with Crippen LogP contribution in [0.5, 0.6) is 0 Å². The number of hydrogen-bond acceptors (Lipinski definition) is 4. The van der Waals surface area contributed by atoms with Crippen LogP contribution in [0.25, 0.3) is 0 Å². The van der Waals surface area contributed by atoms with E-state index in [-0.39, 0.29) is 4.91 Å². The van der Waals surface area contributed by atoms with Crippen molar-refractivity contribution in [1.29, 1.82) is 0 Å². The number of carbonyl (C=O) groups is 2. The quantitative estimate of drug-likeness (QED) is 0.697. The monoisotopic (exact) mass is 254 g/mol. The second-order valence-corrected chi connectivity index (χ2v) is 6.61. The lowest BCUT2D eigenvalue weighted by molar-refractivity contribution is -0.114. The van der Waals surface area contributed by atoms with E-state index in [1.807, 2.05) is 0 Å². The van der Waals surface area contributed by atoms with E-state index in [1.54, 1.807) is 0 Å². The molecular weight excluding hydrogens is 240 g/mol. The Bertz CT molecular complexity index is 505. The van der Waals surface area contributed by atoms with Crippen molar-refractivity contribution in [2.24, 2.45) is 0 Å². The van der Waals surface area contributed by atoms with E-state index in [0.29, 0.717) is 12.8 Å². The van der Waals surface area contributed by atoms with Gasteiger partial charge < -0.3 is 0 Å². The van der Waals surface area contributed by atoms with Gasteiger partial charge in [-0.1, -0.05) is 19.3 Å². The molecule has 1 saturated carbocycles. The second-order valence-electron chi connectivity index (χ2n) is 4.41. The van der Waals surface area contributed by atoms with Crippen molar-refractivity contribution in [3.63, 3.8) is 0 Å². The van der Waals surface area contributed by atoms with Gasteiger partial charge in [0.15, 0.2) is 21.4 Å². The first-order chi connectivity index (χ1) is 8.01. The zero-order valence-electron chi connectivity index (χ0n) is 9.39. The molecule has 2 rings (SSSR count). The molecule has 0 aromatic heterocycles. The maximum absolute atomic E-state index is 12.2. The summed E-state index contributed by atoms with van der Waals surface area (Å²) in [5.41, 5.74) is 0. The molecule has 0 amide bonds. The van der Waals surface area contributed by atoms with Crippen LogP contribution in [0.4, 0.5) is 0 Å². The number of ketones is 2. The SMILES string of the molecule is O=C1C=CC(=O)C(S(=O)(=O)C2CCCCC2)=C1. The Labute approximate surface area is 100 Å². The van der Waals surface area contributed by atoms with E-state index < -0.39 is 26.7 Å². The molecule has 1 fully saturated rings. The van der Waals surface area contributed by atoms with Crippen LogP contribution in [0.2, 0.25) is 0 Å². The summed E-state index contributed by atoms with van der Waals surface area (Å²) in [6, 6.07) is 0. The van der Waals surface area contributed by atoms with E-state index in [1.165, 1.54) is 0 Å². The Morgan fingerprint density at radius 2 is 1.65 bits per heavy atom. The van der Waals surface area contributed by atoms with Gasteiger partial charge in [0.25, 0.3) is 0 Å². The molecule has 0 aromatic carbocycles. The lowest BCUT2D eigenvalue weighted by Gasteiger charge is -2.22. The molecule has 92 valence electrons. The molecule has 0 radical (unpaired) electrons. The van der Waals surface area contributed by atoms with Gasteiger partial charge in [0, 0.05) is 6.08 Å². The Kier molecular flexibility index (Phi) is 3.28. The average Bonchev–Trinajstić information content (AvgIpc) is 2.33. The number of allylic oxidation sites excluding steroid dienone is 4. The summed E-state index contributed by atoms with van der Waals surface area (Å²) in [6.45, 7) is 0. The molecule has 0 aromatic rings. The van der Waals surface area contributed by atoms with Gasteiger partial charge in [0.05, 0.1) is 5.25 Å². The number of hydrogen-bond donors (Lipinski definition) is 0. The van der Waals surface area contributed by atoms with Gasteiger partial charge >= 0.3 is 0 Å². The van der Waals surface area contributed by atoms with Crippen LogP contribution < -0.4 is 0 Å². The first kappa shape index (κ1) is 12.2. The van der Waals surface area contributed by atoms with E-state index in [0.717, 1.165) is 37.5 Å². The summed E-state index contributed by atoms with van der Waals surface area (Å²) in [6.07, 6.45) is 7.05. The summed E-state index contributed by atoms with van der Waals surface area (Å²) in [7, 11) is -3.63. The van der Waals surface area contributed by atoms with Gasteiger partial charge in [0.1, 0.15) is 4.91 Å². The zero-order chi connectivity index (χ0) is 12.5. The highest BCUT2D eigenvalue weighted by atomic mass is 32.2. The molecule has 5 heteroatoms. The third-order valence-corrected chi connectivity index (χ3v) is 5.49. The standard InChI is InChI=1S/C12H14O4S/c13-9-6-7-11(14)12(8-9)17(15,16)10-4-2-1-3-5-10/h6-8,10H,1-5H2. The first-order valence-electron chi connectivity index (χ1n) is 5.74. The van der Waals surface area contributed by atoms with Crippen LogP contribution in [0.15, 0.2) is 23.1 Å². The Morgan fingerprint density at radius 3 is 2.29 bits per heavy atom. The lowest BCUT2D eigenvalue weighted by atomic mass is 10.0. The summed E-state index contributed by atoms with van der Waals surface area (Å²) < 4.78 is 24.4. The summed E-state index contributed by atoms with van der Waals surface area (Å²) in [5.74, 6) is -1.01. The first-order valence-corrected chi connectivity index (χ1v) is 7.28. The van der Waals surface area contributed by atoms with Crippen molar-refractivity contribution in [2.75, 3.05) is 0 Å². The summed E-state index contributed by atoms with van der Waals surface area (Å²) in [5, 5.41) is -0.495. The number of rotatable bonds is 2. The van der Waals surface area contributed by atoms with Gasteiger partial charge in [-0.2, -0.15) is 0 Å². The molecule has 2 aliphatic rings. The lowest BCUT2D eigenvalue weighted by Crippen LogP contribution is -2.29. The normalized spacial score (nSPS) is 22.7. The molecule has 0 atom stereocenters. The van der Waals surface area contributed by atoms with Crippen LogP contribution in [-0.2, 0) is 19.4 Å². The smallest absolute Gasteiger partial charge is 0.197 e. The second kappa shape index (κ2) is 4.56. The minimum absolute atomic E-state index is 0.322. The van der Waals surface area contributed by atoms with E-state index in [4.69, 9.17) is 0 Å². The largest absolute Gasteiger partial charge is 0.290 e. The Balaban J connectivity index is 2.31. The predicted octanol–water partition coefficient (Wildman–Crippen LogP) is 1.33. The summed E-state index contributed by atoms with van der Waals surface area (Å²) >= 11 is 0. The zero-order valence-corrected chi connectivity index (χ0v) is 10.2. The average molecular weight is 254 g/mol. The third-order valence-electron chi connectivity index (χ3n) is 3.21. The van der Waals surface area contributed by atoms with E-state index >= 15 is 0 Å². The van der Waals surface area contributed by atoms with Crippen molar-refractivity contribution < 1.29 is 18.0 Å². The molecule has 0 unspecified atom stereocenters.